The molecule has 0 aliphatic carbocycles. The van der Waals surface area contributed by atoms with Gasteiger partial charge in [-0.1, -0.05) is 12.1 Å². The van der Waals surface area contributed by atoms with Gasteiger partial charge in [-0.3, -0.25) is 15.1 Å². The summed E-state index contributed by atoms with van der Waals surface area (Å²) in [4.78, 5) is 19.3. The minimum absolute atomic E-state index is 0.121. The van der Waals surface area contributed by atoms with Gasteiger partial charge in [-0.25, -0.2) is 4.98 Å². The van der Waals surface area contributed by atoms with Crippen molar-refractivity contribution < 1.29 is 14.4 Å². The van der Waals surface area contributed by atoms with E-state index in [1.54, 1.807) is 12.1 Å². The van der Waals surface area contributed by atoms with E-state index < -0.39 is 4.92 Å². The Labute approximate surface area is 173 Å². The molecule has 0 unspecified atom stereocenters. The van der Waals surface area contributed by atoms with Crippen LogP contribution in [0.4, 0.5) is 11.4 Å². The van der Waals surface area contributed by atoms with Gasteiger partial charge < -0.3 is 9.52 Å². The Morgan fingerprint density at radius 3 is 2.83 bits per heavy atom. The number of nitro groups is 1. The van der Waals surface area contributed by atoms with Crippen molar-refractivity contribution in [3.8, 4) is 17.2 Å². The number of phenols is 1. The first-order valence-corrected chi connectivity index (χ1v) is 9.38. The first-order chi connectivity index (χ1) is 13.9. The highest BCUT2D eigenvalue weighted by Gasteiger charge is 2.14. The monoisotopic (exact) mass is 451 g/mol. The summed E-state index contributed by atoms with van der Waals surface area (Å²) >= 11 is 3.12. The number of aromatic hydroxyl groups is 1. The van der Waals surface area contributed by atoms with Gasteiger partial charge in [0.05, 0.1) is 15.1 Å². The highest BCUT2D eigenvalue weighted by molar-refractivity contribution is 9.10. The molecule has 1 aromatic heterocycles. The third-order valence-electron chi connectivity index (χ3n) is 4.28. The van der Waals surface area contributed by atoms with Crippen molar-refractivity contribution in [2.24, 2.45) is 4.99 Å². The lowest BCUT2D eigenvalue weighted by molar-refractivity contribution is -0.385. The van der Waals surface area contributed by atoms with Crippen molar-refractivity contribution in [3.63, 3.8) is 0 Å². The molecule has 0 fully saturated rings. The normalized spacial score (nSPS) is 11.4. The van der Waals surface area contributed by atoms with Crippen LogP contribution in [0, 0.1) is 17.0 Å². The molecule has 0 radical (unpaired) electrons. The van der Waals surface area contributed by atoms with Crippen molar-refractivity contribution in [1.82, 2.24) is 4.98 Å². The highest BCUT2D eigenvalue weighted by Crippen LogP contribution is 2.32. The van der Waals surface area contributed by atoms with E-state index in [9.17, 15) is 15.2 Å². The number of benzene rings is 3. The van der Waals surface area contributed by atoms with Crippen LogP contribution in [0.25, 0.3) is 22.6 Å². The lowest BCUT2D eigenvalue weighted by atomic mass is 10.2. The van der Waals surface area contributed by atoms with Crippen molar-refractivity contribution >= 4 is 44.6 Å². The minimum atomic E-state index is -0.531. The zero-order valence-electron chi connectivity index (χ0n) is 15.2. The molecule has 29 heavy (non-hydrogen) atoms. The van der Waals surface area contributed by atoms with E-state index in [-0.39, 0.29) is 21.5 Å². The van der Waals surface area contributed by atoms with Crippen molar-refractivity contribution in [1.29, 1.82) is 0 Å². The number of halogens is 1. The van der Waals surface area contributed by atoms with Crippen LogP contribution in [0.15, 0.2) is 68.5 Å². The van der Waals surface area contributed by atoms with Gasteiger partial charge in [-0.2, -0.15) is 0 Å². The fraction of sp³-hybridized carbons (Fsp3) is 0.0476. The van der Waals surface area contributed by atoms with Crippen molar-refractivity contribution in [2.75, 3.05) is 0 Å². The second-order valence-corrected chi connectivity index (χ2v) is 7.28. The van der Waals surface area contributed by atoms with Gasteiger partial charge in [-0.15, -0.1) is 0 Å². The second kappa shape index (κ2) is 7.48. The van der Waals surface area contributed by atoms with E-state index in [0.717, 1.165) is 16.6 Å². The van der Waals surface area contributed by atoms with Crippen LogP contribution in [0.1, 0.15) is 11.1 Å². The summed E-state index contributed by atoms with van der Waals surface area (Å²) in [6.07, 6.45) is 1.38. The number of oxazole rings is 1. The molecule has 0 aliphatic heterocycles. The minimum Gasteiger partial charge on any atom is -0.506 e. The molecule has 0 saturated carbocycles. The number of hydrogen-bond acceptors (Lipinski definition) is 6. The van der Waals surface area contributed by atoms with Gasteiger partial charge in [0.25, 0.3) is 5.69 Å². The maximum absolute atomic E-state index is 11.0. The standard InChI is InChI=1S/C21H14BrN3O4/c1-12-5-6-18-19(7-12)29-21(24-18)13-3-2-4-15(8-13)23-11-14-9-16(25(27)28)10-17(22)20(14)26/h2-11,26H,1H3. The predicted octanol–water partition coefficient (Wildman–Crippen LogP) is 5.93. The summed E-state index contributed by atoms with van der Waals surface area (Å²) in [5.74, 6) is 0.355. The van der Waals surface area contributed by atoms with E-state index in [2.05, 4.69) is 25.9 Å². The Bertz CT molecular complexity index is 1280. The fourth-order valence-corrected chi connectivity index (χ4v) is 3.29. The van der Waals surface area contributed by atoms with Crippen LogP contribution < -0.4 is 0 Å². The number of nitro benzene ring substituents is 1. The summed E-state index contributed by atoms with van der Waals surface area (Å²) in [5.41, 5.74) is 3.98. The van der Waals surface area contributed by atoms with Crippen molar-refractivity contribution in [3.05, 3.63) is 80.3 Å². The number of hydrogen-bond donors (Lipinski definition) is 1. The molecule has 1 heterocycles. The van der Waals surface area contributed by atoms with E-state index in [4.69, 9.17) is 4.42 Å². The Hall–Kier alpha value is -3.52. The molecule has 0 aliphatic rings. The number of phenolic OH excluding ortho intramolecular Hbond substituents is 1. The lowest BCUT2D eigenvalue weighted by Crippen LogP contribution is -1.91. The Morgan fingerprint density at radius 2 is 2.03 bits per heavy atom. The molecule has 1 N–H and O–H groups in total. The molecule has 4 aromatic rings. The molecule has 4 rings (SSSR count). The lowest BCUT2D eigenvalue weighted by Gasteiger charge is -2.02. The zero-order chi connectivity index (χ0) is 20.5. The molecular weight excluding hydrogens is 438 g/mol. The summed E-state index contributed by atoms with van der Waals surface area (Å²) in [6.45, 7) is 1.98. The topological polar surface area (TPSA) is 102 Å². The molecular formula is C21H14BrN3O4. The van der Waals surface area contributed by atoms with E-state index >= 15 is 0 Å². The largest absolute Gasteiger partial charge is 0.506 e. The molecule has 3 aromatic carbocycles. The first kappa shape index (κ1) is 18.8. The van der Waals surface area contributed by atoms with E-state index in [1.165, 1.54) is 18.3 Å². The summed E-state index contributed by atoms with van der Waals surface area (Å²) in [5, 5.41) is 21.2. The number of non-ortho nitro benzene ring substituents is 1. The Kier molecular flexibility index (Phi) is 4.85. The third-order valence-corrected chi connectivity index (χ3v) is 4.88. The van der Waals surface area contributed by atoms with E-state index in [1.807, 2.05) is 37.3 Å². The zero-order valence-corrected chi connectivity index (χ0v) is 16.8. The van der Waals surface area contributed by atoms with Crippen LogP contribution in [0.5, 0.6) is 5.75 Å². The maximum Gasteiger partial charge on any atom is 0.271 e. The first-order valence-electron chi connectivity index (χ1n) is 8.59. The Morgan fingerprint density at radius 1 is 1.21 bits per heavy atom. The van der Waals surface area contributed by atoms with Crippen LogP contribution in [0.3, 0.4) is 0 Å². The molecule has 8 heteroatoms. The maximum atomic E-state index is 11.0. The number of aliphatic imine (C=N–C) groups is 1. The average Bonchev–Trinajstić information content (AvgIpc) is 3.12. The molecule has 0 amide bonds. The number of rotatable bonds is 4. The van der Waals surface area contributed by atoms with Crippen molar-refractivity contribution in [2.45, 2.75) is 6.92 Å². The van der Waals surface area contributed by atoms with Crippen LogP contribution in [-0.2, 0) is 0 Å². The molecule has 0 spiro atoms. The second-order valence-electron chi connectivity index (χ2n) is 6.42. The number of aromatic nitrogens is 1. The summed E-state index contributed by atoms with van der Waals surface area (Å²) in [6, 6.07) is 15.5. The fourth-order valence-electron chi connectivity index (χ4n) is 2.83. The number of nitrogens with zero attached hydrogens (tertiary/aromatic N) is 3. The van der Waals surface area contributed by atoms with Gasteiger partial charge in [-0.05, 0) is 58.7 Å². The van der Waals surface area contributed by atoms with E-state index in [0.29, 0.717) is 17.2 Å². The molecule has 144 valence electrons. The van der Waals surface area contributed by atoms with Crippen LogP contribution >= 0.6 is 15.9 Å². The Balaban J connectivity index is 1.68. The summed E-state index contributed by atoms with van der Waals surface area (Å²) < 4.78 is 6.07. The molecule has 0 saturated heterocycles. The molecule has 0 atom stereocenters. The van der Waals surface area contributed by atoms with Gasteiger partial charge >= 0.3 is 0 Å². The highest BCUT2D eigenvalue weighted by atomic mass is 79.9. The summed E-state index contributed by atoms with van der Waals surface area (Å²) in [7, 11) is 0. The number of fused-ring (bicyclic) bond motifs is 1. The molecule has 0 bridgehead atoms. The van der Waals surface area contributed by atoms with Gasteiger partial charge in [0.1, 0.15) is 11.3 Å². The average molecular weight is 452 g/mol. The van der Waals surface area contributed by atoms with Gasteiger partial charge in [0, 0.05) is 29.5 Å². The smallest absolute Gasteiger partial charge is 0.271 e. The third kappa shape index (κ3) is 3.88. The van der Waals surface area contributed by atoms with Gasteiger partial charge in [0.2, 0.25) is 5.89 Å². The predicted molar refractivity (Wildman–Crippen MR) is 114 cm³/mol. The van der Waals surface area contributed by atoms with Gasteiger partial charge in [0.15, 0.2) is 5.58 Å². The SMILES string of the molecule is Cc1ccc2nc(-c3cccc(N=Cc4cc([N+](=O)[O-])cc(Br)c4O)c3)oc2c1. The number of aryl methyl sites for hydroxylation is 1. The van der Waals surface area contributed by atoms with Crippen LogP contribution in [0.2, 0.25) is 0 Å². The molecule has 7 nitrogen and oxygen atoms in total. The quantitative estimate of drug-likeness (QED) is 0.235. The van der Waals surface area contributed by atoms with Crippen LogP contribution in [-0.4, -0.2) is 21.2 Å².